The third kappa shape index (κ3) is 3.88. The average Bonchev–Trinajstić information content (AvgIpc) is 3.34. The van der Waals surface area contributed by atoms with Gasteiger partial charge in [0.2, 0.25) is 11.7 Å². The minimum atomic E-state index is -0.00475. The molecule has 3 rings (SSSR count). The van der Waals surface area contributed by atoms with Crippen LogP contribution >= 0.6 is 23.1 Å². The van der Waals surface area contributed by atoms with E-state index in [9.17, 15) is 4.79 Å². The van der Waals surface area contributed by atoms with Crippen LogP contribution in [0.2, 0.25) is 0 Å². The van der Waals surface area contributed by atoms with Gasteiger partial charge in [-0.1, -0.05) is 17.8 Å². The highest BCUT2D eigenvalue weighted by Gasteiger charge is 2.17. The monoisotopic (exact) mass is 389 g/mol. The summed E-state index contributed by atoms with van der Waals surface area (Å²) in [4.78, 5) is 17.9. The van der Waals surface area contributed by atoms with E-state index in [-0.39, 0.29) is 5.91 Å². The highest BCUT2D eigenvalue weighted by atomic mass is 32.2. The van der Waals surface area contributed by atoms with Gasteiger partial charge in [-0.3, -0.25) is 14.3 Å². The average molecular weight is 390 g/mol. The molecule has 136 valence electrons. The van der Waals surface area contributed by atoms with Crippen LogP contribution in [-0.4, -0.2) is 32.2 Å². The van der Waals surface area contributed by atoms with Crippen molar-refractivity contribution in [2.45, 2.75) is 31.3 Å². The Kier molecular flexibility index (Phi) is 5.89. The molecule has 0 aliphatic rings. The van der Waals surface area contributed by atoms with E-state index in [1.54, 1.807) is 24.2 Å². The molecule has 0 atom stereocenters. The van der Waals surface area contributed by atoms with Gasteiger partial charge in [0.05, 0.1) is 12.0 Å². The molecule has 7 nitrogen and oxygen atoms in total. The molecule has 26 heavy (non-hydrogen) atoms. The third-order valence-electron chi connectivity index (χ3n) is 3.59. The van der Waals surface area contributed by atoms with E-state index in [0.29, 0.717) is 30.4 Å². The maximum absolute atomic E-state index is 11.6. The molecule has 0 N–H and O–H groups in total. The molecule has 0 radical (unpaired) electrons. The first-order valence-corrected chi connectivity index (χ1v) is 9.93. The van der Waals surface area contributed by atoms with E-state index in [0.717, 1.165) is 16.0 Å². The number of rotatable bonds is 8. The number of nitrogens with zero attached hydrogens (tertiary/aromatic N) is 5. The number of aromatic nitrogens is 4. The fourth-order valence-electron chi connectivity index (χ4n) is 2.39. The normalized spacial score (nSPS) is 10.8. The van der Waals surface area contributed by atoms with E-state index in [1.807, 2.05) is 29.0 Å². The maximum Gasteiger partial charge on any atom is 0.225 e. The number of allylic oxidation sites excluding steroid dienone is 1. The molecule has 9 heteroatoms. The van der Waals surface area contributed by atoms with Gasteiger partial charge in [-0.25, -0.2) is 4.98 Å². The van der Waals surface area contributed by atoms with E-state index in [4.69, 9.17) is 4.42 Å². The lowest BCUT2D eigenvalue weighted by Gasteiger charge is -2.14. The zero-order valence-corrected chi connectivity index (χ0v) is 16.2. The molecule has 0 unspecified atom stereocenters. The summed E-state index contributed by atoms with van der Waals surface area (Å²) in [6.07, 6.45) is 3.41. The molecule has 3 heterocycles. The van der Waals surface area contributed by atoms with Crippen molar-refractivity contribution in [3.05, 3.63) is 42.1 Å². The van der Waals surface area contributed by atoms with Crippen molar-refractivity contribution >= 4 is 34.1 Å². The number of anilines is 1. The van der Waals surface area contributed by atoms with Gasteiger partial charge in [-0.15, -0.1) is 28.1 Å². The van der Waals surface area contributed by atoms with Crippen molar-refractivity contribution < 1.29 is 9.21 Å². The third-order valence-corrected chi connectivity index (χ3v) is 5.50. The van der Waals surface area contributed by atoms with E-state index >= 15 is 0 Å². The molecule has 3 aromatic heterocycles. The molecule has 0 aliphatic heterocycles. The summed E-state index contributed by atoms with van der Waals surface area (Å²) < 4.78 is 7.39. The Bertz CT molecular complexity index is 885. The van der Waals surface area contributed by atoms with Gasteiger partial charge in [-0.05, 0) is 19.1 Å². The number of carbonyl (C=O) groups excluding carboxylic acids is 1. The highest BCUT2D eigenvalue weighted by molar-refractivity contribution is 7.98. The maximum atomic E-state index is 11.6. The number of amides is 1. The lowest BCUT2D eigenvalue weighted by molar-refractivity contribution is -0.116. The van der Waals surface area contributed by atoms with Gasteiger partial charge in [0.15, 0.2) is 16.0 Å². The summed E-state index contributed by atoms with van der Waals surface area (Å²) in [7, 11) is 0. The predicted octanol–water partition coefficient (Wildman–Crippen LogP) is 3.85. The Labute approximate surface area is 159 Å². The lowest BCUT2D eigenvalue weighted by Crippen LogP contribution is -2.27. The van der Waals surface area contributed by atoms with Crippen LogP contribution in [0.25, 0.3) is 11.6 Å². The molecule has 0 bridgehead atoms. The number of carbonyl (C=O) groups is 1. The van der Waals surface area contributed by atoms with Crippen molar-refractivity contribution in [1.29, 1.82) is 0 Å². The molecule has 1 amide bonds. The van der Waals surface area contributed by atoms with Crippen molar-refractivity contribution in [2.24, 2.45) is 0 Å². The standard InChI is InChI=1S/C17H19N5O2S2/c1-4-8-22-15(14-7-6-9-24-14)19-20-17(22)26-11-13-10-25-16(18-13)21(5-2)12(3)23/h4,6-7,9-10H,1,5,8,11H2,2-3H3. The Balaban J connectivity index is 1.75. The second-order valence-electron chi connectivity index (χ2n) is 5.36. The van der Waals surface area contributed by atoms with E-state index < -0.39 is 0 Å². The van der Waals surface area contributed by atoms with E-state index in [2.05, 4.69) is 21.8 Å². The topological polar surface area (TPSA) is 77.1 Å². The zero-order valence-electron chi connectivity index (χ0n) is 14.6. The summed E-state index contributed by atoms with van der Waals surface area (Å²) in [5.41, 5.74) is 0.905. The van der Waals surface area contributed by atoms with Gasteiger partial charge in [0.1, 0.15) is 0 Å². The summed E-state index contributed by atoms with van der Waals surface area (Å²) in [5.74, 6) is 1.97. The molecule has 0 spiro atoms. The van der Waals surface area contributed by atoms with Gasteiger partial charge in [0.25, 0.3) is 0 Å². The van der Waals surface area contributed by atoms with Crippen LogP contribution in [0.15, 0.2) is 46.0 Å². The minimum Gasteiger partial charge on any atom is -0.461 e. The van der Waals surface area contributed by atoms with E-state index in [1.165, 1.54) is 23.1 Å². The van der Waals surface area contributed by atoms with Crippen LogP contribution in [-0.2, 0) is 17.1 Å². The first-order valence-electron chi connectivity index (χ1n) is 8.07. The van der Waals surface area contributed by atoms with Gasteiger partial charge in [0, 0.05) is 31.1 Å². The van der Waals surface area contributed by atoms with Crippen molar-refractivity contribution in [2.75, 3.05) is 11.4 Å². The van der Waals surface area contributed by atoms with Gasteiger partial charge in [-0.2, -0.15) is 0 Å². The second kappa shape index (κ2) is 8.33. The smallest absolute Gasteiger partial charge is 0.225 e. The fourth-order valence-corrected chi connectivity index (χ4v) is 4.27. The molecule has 0 saturated heterocycles. The van der Waals surface area contributed by atoms with Gasteiger partial charge < -0.3 is 4.42 Å². The van der Waals surface area contributed by atoms with Crippen LogP contribution in [0.1, 0.15) is 19.5 Å². The molecule has 0 saturated carbocycles. The highest BCUT2D eigenvalue weighted by Crippen LogP contribution is 2.28. The SMILES string of the molecule is C=CCn1c(SCc2csc(N(CC)C(C)=O)n2)nnc1-c1ccco1. The molecule has 3 aromatic rings. The number of hydrogen-bond acceptors (Lipinski definition) is 7. The van der Waals surface area contributed by atoms with Gasteiger partial charge >= 0.3 is 0 Å². The molecular formula is C17H19N5O2S2. The summed E-state index contributed by atoms with van der Waals surface area (Å²) in [6, 6.07) is 3.67. The zero-order chi connectivity index (χ0) is 18.5. The van der Waals surface area contributed by atoms with Crippen molar-refractivity contribution in [3.8, 4) is 11.6 Å². The Morgan fingerprint density at radius 3 is 3.00 bits per heavy atom. The fraction of sp³-hybridized carbons (Fsp3) is 0.294. The Morgan fingerprint density at radius 2 is 2.35 bits per heavy atom. The number of furan rings is 1. The largest absolute Gasteiger partial charge is 0.461 e. The molecule has 0 aromatic carbocycles. The Morgan fingerprint density at radius 1 is 1.50 bits per heavy atom. The van der Waals surface area contributed by atoms with Crippen LogP contribution < -0.4 is 4.90 Å². The number of thioether (sulfide) groups is 1. The van der Waals surface area contributed by atoms with Crippen LogP contribution in [0.3, 0.4) is 0 Å². The number of hydrogen-bond donors (Lipinski definition) is 0. The van der Waals surface area contributed by atoms with Crippen molar-refractivity contribution in [3.63, 3.8) is 0 Å². The molecule has 0 aliphatic carbocycles. The minimum absolute atomic E-state index is 0.00475. The second-order valence-corrected chi connectivity index (χ2v) is 7.14. The predicted molar refractivity (Wildman–Crippen MR) is 103 cm³/mol. The summed E-state index contributed by atoms with van der Waals surface area (Å²) >= 11 is 3.01. The molecule has 0 fully saturated rings. The van der Waals surface area contributed by atoms with Crippen LogP contribution in [0, 0.1) is 0 Å². The van der Waals surface area contributed by atoms with Crippen LogP contribution in [0.5, 0.6) is 0 Å². The lowest BCUT2D eigenvalue weighted by atomic mass is 10.4. The quantitative estimate of drug-likeness (QED) is 0.430. The summed E-state index contributed by atoms with van der Waals surface area (Å²) in [5, 5.41) is 12.0. The first kappa shape index (κ1) is 18.4. The van der Waals surface area contributed by atoms with Crippen molar-refractivity contribution in [1.82, 2.24) is 19.7 Å². The van der Waals surface area contributed by atoms with Crippen LogP contribution in [0.4, 0.5) is 5.13 Å². The first-order chi connectivity index (χ1) is 12.6. The number of thiazole rings is 1. The molecular weight excluding hydrogens is 370 g/mol. The Hall–Kier alpha value is -2.39. The summed E-state index contributed by atoms with van der Waals surface area (Å²) in [6.45, 7) is 8.48.